The van der Waals surface area contributed by atoms with Crippen LogP contribution in [0, 0.1) is 0 Å². The van der Waals surface area contributed by atoms with E-state index in [1.54, 1.807) is 48.5 Å². The molecule has 0 bridgehead atoms. The number of anilines is 1. The Bertz CT molecular complexity index is 851. The van der Waals surface area contributed by atoms with Gasteiger partial charge in [-0.2, -0.15) is 10.1 Å². The smallest absolute Gasteiger partial charge is 0.282 e. The quantitative estimate of drug-likeness (QED) is 0.811. The predicted molar refractivity (Wildman–Crippen MR) is 78.6 cm³/mol. The number of imide groups is 1. The van der Waals surface area contributed by atoms with Gasteiger partial charge in [-0.25, -0.2) is 0 Å². The first kappa shape index (κ1) is 12.5. The molecule has 0 unspecified atom stereocenters. The molecule has 0 saturated carbocycles. The van der Waals surface area contributed by atoms with Crippen LogP contribution in [0.2, 0.25) is 0 Å². The molecule has 0 radical (unpaired) electrons. The number of nitrogens with zero attached hydrogens (tertiary/aromatic N) is 2. The number of carbonyl (C=O) groups excluding carboxylic acids is 3. The van der Waals surface area contributed by atoms with Gasteiger partial charge in [0, 0.05) is 5.56 Å². The highest BCUT2D eigenvalue weighted by Gasteiger charge is 2.37. The highest BCUT2D eigenvalue weighted by molar-refractivity contribution is 6.54. The Labute approximate surface area is 125 Å². The lowest BCUT2D eigenvalue weighted by Crippen LogP contribution is -2.28. The monoisotopic (exact) mass is 291 g/mol. The van der Waals surface area contributed by atoms with Crippen molar-refractivity contribution in [1.82, 2.24) is 5.01 Å². The van der Waals surface area contributed by atoms with Crippen molar-refractivity contribution in [3.63, 3.8) is 0 Å². The van der Waals surface area contributed by atoms with Crippen molar-refractivity contribution in [3.05, 3.63) is 65.2 Å². The lowest BCUT2D eigenvalue weighted by atomic mass is 10.1. The summed E-state index contributed by atoms with van der Waals surface area (Å²) in [6.07, 6.45) is 0. The van der Waals surface area contributed by atoms with Gasteiger partial charge in [0.2, 0.25) is 0 Å². The Morgan fingerprint density at radius 1 is 0.773 bits per heavy atom. The van der Waals surface area contributed by atoms with Crippen LogP contribution in [0.3, 0.4) is 0 Å². The maximum atomic E-state index is 12.3. The molecule has 0 fully saturated rings. The average molecular weight is 291 g/mol. The molecule has 106 valence electrons. The maximum absolute atomic E-state index is 12.3. The molecule has 2 aliphatic heterocycles. The van der Waals surface area contributed by atoms with E-state index in [2.05, 4.69) is 10.4 Å². The first-order chi connectivity index (χ1) is 10.7. The van der Waals surface area contributed by atoms with Gasteiger partial charge in [0.15, 0.2) is 5.71 Å². The molecule has 2 heterocycles. The molecule has 0 aliphatic carbocycles. The van der Waals surface area contributed by atoms with E-state index in [1.807, 2.05) is 0 Å². The molecule has 0 aromatic heterocycles. The molecule has 0 saturated heterocycles. The van der Waals surface area contributed by atoms with E-state index >= 15 is 0 Å². The summed E-state index contributed by atoms with van der Waals surface area (Å²) in [6.45, 7) is 0. The number of fused-ring (bicyclic) bond motifs is 2. The average Bonchev–Trinajstić information content (AvgIpc) is 2.98. The second-order valence-electron chi connectivity index (χ2n) is 4.92. The van der Waals surface area contributed by atoms with Gasteiger partial charge in [-0.3, -0.25) is 14.4 Å². The normalized spacial score (nSPS) is 17.7. The standard InChI is InChI=1S/C16H9N3O3/c20-14-13(11-7-3-4-8-12(11)17-14)18-19-15(21)9-5-1-2-6-10(9)16(19)22/h1-8H,(H,17,18,20). The summed E-state index contributed by atoms with van der Waals surface area (Å²) in [5.41, 5.74) is 1.84. The van der Waals surface area contributed by atoms with Gasteiger partial charge in [-0.05, 0) is 18.2 Å². The predicted octanol–water partition coefficient (Wildman–Crippen LogP) is 1.64. The SMILES string of the molecule is O=C1Nc2ccccc2C1=NN1C(=O)c2ccccc2C1=O. The number of benzene rings is 2. The third-order valence-electron chi connectivity index (χ3n) is 3.62. The van der Waals surface area contributed by atoms with Gasteiger partial charge in [-0.1, -0.05) is 30.3 Å². The lowest BCUT2D eigenvalue weighted by Gasteiger charge is -2.07. The van der Waals surface area contributed by atoms with Crippen LogP contribution in [0.1, 0.15) is 26.3 Å². The zero-order valence-corrected chi connectivity index (χ0v) is 11.2. The molecule has 3 amide bonds. The molecular weight excluding hydrogens is 282 g/mol. The molecule has 6 nitrogen and oxygen atoms in total. The Morgan fingerprint density at radius 2 is 1.32 bits per heavy atom. The fourth-order valence-electron chi connectivity index (χ4n) is 2.57. The van der Waals surface area contributed by atoms with E-state index < -0.39 is 17.7 Å². The van der Waals surface area contributed by atoms with Gasteiger partial charge in [0.05, 0.1) is 16.8 Å². The molecule has 1 N–H and O–H groups in total. The van der Waals surface area contributed by atoms with E-state index in [0.717, 1.165) is 5.01 Å². The van der Waals surface area contributed by atoms with Crippen molar-refractivity contribution in [3.8, 4) is 0 Å². The summed E-state index contributed by atoms with van der Waals surface area (Å²) in [7, 11) is 0. The first-order valence-corrected chi connectivity index (χ1v) is 6.64. The van der Waals surface area contributed by atoms with Crippen LogP contribution in [-0.2, 0) is 4.79 Å². The summed E-state index contributed by atoms with van der Waals surface area (Å²) < 4.78 is 0. The van der Waals surface area contributed by atoms with Crippen molar-refractivity contribution in [1.29, 1.82) is 0 Å². The lowest BCUT2D eigenvalue weighted by molar-refractivity contribution is -0.110. The van der Waals surface area contributed by atoms with E-state index in [9.17, 15) is 14.4 Å². The topological polar surface area (TPSA) is 78.8 Å². The fourth-order valence-corrected chi connectivity index (χ4v) is 2.57. The van der Waals surface area contributed by atoms with Crippen molar-refractivity contribution in [2.75, 3.05) is 5.32 Å². The van der Waals surface area contributed by atoms with Crippen molar-refractivity contribution >= 4 is 29.1 Å². The van der Waals surface area contributed by atoms with Crippen LogP contribution in [0.4, 0.5) is 5.69 Å². The van der Waals surface area contributed by atoms with Crippen molar-refractivity contribution in [2.45, 2.75) is 0 Å². The fraction of sp³-hybridized carbons (Fsp3) is 0. The minimum absolute atomic E-state index is 0.0603. The van der Waals surface area contributed by atoms with Gasteiger partial charge in [-0.15, -0.1) is 0 Å². The second kappa shape index (κ2) is 4.36. The molecular formula is C16H9N3O3. The van der Waals surface area contributed by atoms with E-state index in [0.29, 0.717) is 22.4 Å². The summed E-state index contributed by atoms with van der Waals surface area (Å²) >= 11 is 0. The Kier molecular flexibility index (Phi) is 2.47. The van der Waals surface area contributed by atoms with Gasteiger partial charge >= 0.3 is 0 Å². The highest BCUT2D eigenvalue weighted by atomic mass is 16.2. The van der Waals surface area contributed by atoms with Crippen molar-refractivity contribution in [2.24, 2.45) is 5.10 Å². The number of hydrogen-bond acceptors (Lipinski definition) is 4. The van der Waals surface area contributed by atoms with Crippen LogP contribution < -0.4 is 5.32 Å². The number of para-hydroxylation sites is 1. The molecule has 6 heteroatoms. The highest BCUT2D eigenvalue weighted by Crippen LogP contribution is 2.26. The number of carbonyl (C=O) groups is 3. The minimum Gasteiger partial charge on any atom is -0.320 e. The van der Waals surface area contributed by atoms with E-state index in [4.69, 9.17) is 0 Å². The number of amides is 3. The Balaban J connectivity index is 1.81. The molecule has 0 atom stereocenters. The molecule has 2 aromatic rings. The van der Waals surface area contributed by atoms with Crippen molar-refractivity contribution < 1.29 is 14.4 Å². The number of hydrazone groups is 1. The van der Waals surface area contributed by atoms with Gasteiger partial charge in [0.1, 0.15) is 0 Å². The summed E-state index contributed by atoms with van der Waals surface area (Å²) in [5.74, 6) is -1.48. The van der Waals surface area contributed by atoms with Crippen LogP contribution in [-0.4, -0.2) is 28.4 Å². The van der Waals surface area contributed by atoms with Crippen LogP contribution in [0.5, 0.6) is 0 Å². The van der Waals surface area contributed by atoms with Crippen LogP contribution in [0.25, 0.3) is 0 Å². The first-order valence-electron chi connectivity index (χ1n) is 6.64. The van der Waals surface area contributed by atoms with Gasteiger partial charge < -0.3 is 5.32 Å². The van der Waals surface area contributed by atoms with Crippen LogP contribution in [0.15, 0.2) is 53.6 Å². The maximum Gasteiger partial charge on any atom is 0.282 e. The molecule has 22 heavy (non-hydrogen) atoms. The molecule has 4 rings (SSSR count). The Morgan fingerprint density at radius 3 is 1.95 bits per heavy atom. The third kappa shape index (κ3) is 1.61. The second-order valence-corrected chi connectivity index (χ2v) is 4.92. The summed E-state index contributed by atoms with van der Waals surface area (Å²) in [5, 5.41) is 7.42. The van der Waals surface area contributed by atoms with E-state index in [1.165, 1.54) is 0 Å². The molecule has 2 aromatic carbocycles. The third-order valence-corrected chi connectivity index (χ3v) is 3.62. The number of nitrogens with one attached hydrogen (secondary N) is 1. The number of hydrogen-bond donors (Lipinski definition) is 1. The summed E-state index contributed by atoms with van der Waals surface area (Å²) in [4.78, 5) is 36.6. The molecule has 0 spiro atoms. The summed E-state index contributed by atoms with van der Waals surface area (Å²) in [6, 6.07) is 13.5. The zero-order valence-electron chi connectivity index (χ0n) is 11.2. The van der Waals surface area contributed by atoms with E-state index in [-0.39, 0.29) is 5.71 Å². The zero-order chi connectivity index (χ0) is 15.3. The minimum atomic E-state index is -0.523. The van der Waals surface area contributed by atoms with Gasteiger partial charge in [0.25, 0.3) is 17.7 Å². The van der Waals surface area contributed by atoms with Crippen LogP contribution >= 0.6 is 0 Å². The Hall–Kier alpha value is -3.28. The molecule has 2 aliphatic rings. The number of rotatable bonds is 1. The largest absolute Gasteiger partial charge is 0.320 e.